The molecule has 2 aromatic rings. The van der Waals surface area contributed by atoms with E-state index in [2.05, 4.69) is 9.80 Å². The number of carbonyl (C=O) groups excluding carboxylic acids is 2. The van der Waals surface area contributed by atoms with Crippen LogP contribution >= 0.6 is 23.2 Å². The number of halogens is 2. The summed E-state index contributed by atoms with van der Waals surface area (Å²) in [5.74, 6) is 0.584. The lowest BCUT2D eigenvalue weighted by Gasteiger charge is -2.36. The lowest BCUT2D eigenvalue weighted by Crippen LogP contribution is -2.46. The highest BCUT2D eigenvalue weighted by atomic mass is 35.5. The normalized spacial score (nSPS) is 20.7. The van der Waals surface area contributed by atoms with Gasteiger partial charge in [-0.1, -0.05) is 42.3 Å². The van der Waals surface area contributed by atoms with Crippen LogP contribution in [0, 0.1) is 0 Å². The van der Waals surface area contributed by atoms with Crippen LogP contribution in [0.2, 0.25) is 10.0 Å². The lowest BCUT2D eigenvalue weighted by molar-refractivity contribution is -0.120. The largest absolute Gasteiger partial charge is 0.493 e. The van der Waals surface area contributed by atoms with Gasteiger partial charge >= 0.3 is 6.09 Å². The molecule has 0 saturated carbocycles. The maximum absolute atomic E-state index is 12.9. The molecule has 3 aliphatic rings. The standard InChI is InChI=1S/C29H36Cl2N4O4/c1-19-25-23(11-9-20-10-12-24(36)35(27(20)25)28(19)39-29(37)32(2)3)38-18-5-4-13-33-14-16-34(17-15-33)22-8-6-7-21(30)26(22)31/h6-9,11,19,28H,4-5,10,12-18H2,1-3H3. The second-order valence-electron chi connectivity index (χ2n) is 10.7. The Labute approximate surface area is 240 Å². The first-order chi connectivity index (χ1) is 18.8. The van der Waals surface area contributed by atoms with Gasteiger partial charge in [0, 0.05) is 58.2 Å². The number of rotatable bonds is 8. The monoisotopic (exact) mass is 574 g/mol. The van der Waals surface area contributed by atoms with Crippen molar-refractivity contribution in [3.05, 3.63) is 51.5 Å². The summed E-state index contributed by atoms with van der Waals surface area (Å²) in [7, 11) is 3.28. The van der Waals surface area contributed by atoms with Gasteiger partial charge in [0.15, 0.2) is 6.23 Å². The summed E-state index contributed by atoms with van der Waals surface area (Å²) in [6.45, 7) is 7.40. The number of carbonyl (C=O) groups is 2. The molecule has 39 heavy (non-hydrogen) atoms. The predicted octanol–water partition coefficient (Wildman–Crippen LogP) is 5.40. The van der Waals surface area contributed by atoms with Crippen LogP contribution in [0.3, 0.4) is 0 Å². The van der Waals surface area contributed by atoms with Crippen LogP contribution in [0.15, 0.2) is 30.3 Å². The molecular weight excluding hydrogens is 539 g/mol. The fraction of sp³-hybridized carbons (Fsp3) is 0.517. The van der Waals surface area contributed by atoms with Crippen LogP contribution in [0.1, 0.15) is 43.2 Å². The van der Waals surface area contributed by atoms with E-state index in [1.807, 2.05) is 37.3 Å². The van der Waals surface area contributed by atoms with Crippen LogP contribution in [-0.4, -0.2) is 81.5 Å². The molecule has 8 nitrogen and oxygen atoms in total. The Morgan fingerprint density at radius 2 is 1.82 bits per heavy atom. The van der Waals surface area contributed by atoms with E-state index in [0.717, 1.165) is 73.8 Å². The third kappa shape index (κ3) is 5.65. The van der Waals surface area contributed by atoms with Crippen molar-refractivity contribution >= 4 is 46.6 Å². The molecular formula is C29H36Cl2N4O4. The molecule has 0 bridgehead atoms. The average molecular weight is 576 g/mol. The highest BCUT2D eigenvalue weighted by Crippen LogP contribution is 2.50. The Balaban J connectivity index is 1.14. The van der Waals surface area contributed by atoms with Crippen molar-refractivity contribution in [3.8, 4) is 5.75 Å². The maximum Gasteiger partial charge on any atom is 0.411 e. The van der Waals surface area contributed by atoms with Gasteiger partial charge in [-0.15, -0.1) is 0 Å². The van der Waals surface area contributed by atoms with E-state index in [1.165, 1.54) is 4.90 Å². The highest BCUT2D eigenvalue weighted by molar-refractivity contribution is 6.43. The van der Waals surface area contributed by atoms with Crippen LogP contribution in [0.5, 0.6) is 5.75 Å². The number of benzene rings is 2. The summed E-state index contributed by atoms with van der Waals surface area (Å²) in [4.78, 5) is 33.1. The van der Waals surface area contributed by atoms with E-state index in [0.29, 0.717) is 29.5 Å². The van der Waals surface area contributed by atoms with E-state index in [-0.39, 0.29) is 11.8 Å². The zero-order valence-corrected chi connectivity index (χ0v) is 24.3. The summed E-state index contributed by atoms with van der Waals surface area (Å²) >= 11 is 12.6. The molecule has 1 fully saturated rings. The van der Waals surface area contributed by atoms with E-state index >= 15 is 0 Å². The summed E-state index contributed by atoms with van der Waals surface area (Å²) in [5, 5.41) is 1.21. The third-order valence-electron chi connectivity index (χ3n) is 7.87. The van der Waals surface area contributed by atoms with Crippen molar-refractivity contribution in [2.24, 2.45) is 0 Å². The third-order valence-corrected chi connectivity index (χ3v) is 8.68. The summed E-state index contributed by atoms with van der Waals surface area (Å²) in [5.41, 5.74) is 3.94. The first-order valence-electron chi connectivity index (χ1n) is 13.7. The molecule has 5 rings (SSSR count). The number of piperazine rings is 1. The van der Waals surface area contributed by atoms with Crippen LogP contribution in [0.4, 0.5) is 16.2 Å². The van der Waals surface area contributed by atoms with Crippen molar-refractivity contribution in [2.45, 2.75) is 44.8 Å². The molecule has 3 heterocycles. The number of nitrogens with zero attached hydrogens (tertiary/aromatic N) is 4. The number of hydrogen-bond donors (Lipinski definition) is 0. The fourth-order valence-electron chi connectivity index (χ4n) is 5.74. The maximum atomic E-state index is 12.9. The van der Waals surface area contributed by atoms with Gasteiger partial charge in [-0.3, -0.25) is 14.6 Å². The fourth-order valence-corrected chi connectivity index (χ4v) is 6.16. The number of amides is 2. The molecule has 2 unspecified atom stereocenters. The molecule has 3 aliphatic heterocycles. The number of hydrogen-bond acceptors (Lipinski definition) is 6. The van der Waals surface area contributed by atoms with Crippen LogP contribution < -0.4 is 14.5 Å². The predicted molar refractivity (Wildman–Crippen MR) is 154 cm³/mol. The van der Waals surface area contributed by atoms with Gasteiger partial charge in [0.25, 0.3) is 0 Å². The Kier molecular flexibility index (Phi) is 8.45. The zero-order chi connectivity index (χ0) is 27.7. The number of ether oxygens (including phenoxy) is 2. The lowest BCUT2D eigenvalue weighted by atomic mass is 9.95. The molecule has 1 saturated heterocycles. The molecule has 0 N–H and O–H groups in total. The van der Waals surface area contributed by atoms with Gasteiger partial charge in [-0.2, -0.15) is 0 Å². The van der Waals surface area contributed by atoms with Crippen molar-refractivity contribution in [1.29, 1.82) is 0 Å². The quantitative estimate of drug-likeness (QED) is 0.393. The number of aryl methyl sites for hydroxylation is 1. The van der Waals surface area contributed by atoms with Gasteiger partial charge in [0.1, 0.15) is 5.75 Å². The summed E-state index contributed by atoms with van der Waals surface area (Å²) in [6.07, 6.45) is 1.94. The molecule has 0 spiro atoms. The van der Waals surface area contributed by atoms with Crippen molar-refractivity contribution in [3.63, 3.8) is 0 Å². The minimum atomic E-state index is -0.660. The minimum Gasteiger partial charge on any atom is -0.493 e. The average Bonchev–Trinajstić information content (AvgIpc) is 3.22. The molecule has 0 aromatic heterocycles. The van der Waals surface area contributed by atoms with E-state index in [1.54, 1.807) is 19.0 Å². The second-order valence-corrected chi connectivity index (χ2v) is 11.4. The summed E-state index contributed by atoms with van der Waals surface area (Å²) in [6, 6.07) is 9.84. The van der Waals surface area contributed by atoms with Crippen LogP contribution in [-0.2, 0) is 16.0 Å². The topological polar surface area (TPSA) is 65.6 Å². The molecule has 2 atom stereocenters. The molecule has 0 aliphatic carbocycles. The Bertz CT molecular complexity index is 1230. The van der Waals surface area contributed by atoms with Crippen molar-refractivity contribution in [1.82, 2.24) is 9.80 Å². The number of unbranched alkanes of at least 4 members (excludes halogenated alkanes) is 1. The first kappa shape index (κ1) is 27.9. The van der Waals surface area contributed by atoms with E-state index in [4.69, 9.17) is 32.7 Å². The molecule has 210 valence electrons. The minimum absolute atomic E-state index is 0.0143. The smallest absolute Gasteiger partial charge is 0.411 e. The number of anilines is 2. The Hall–Kier alpha value is -2.68. The van der Waals surface area contributed by atoms with Gasteiger partial charge in [0.05, 0.1) is 28.0 Å². The zero-order valence-electron chi connectivity index (χ0n) is 22.8. The molecule has 2 aromatic carbocycles. The summed E-state index contributed by atoms with van der Waals surface area (Å²) < 4.78 is 12.0. The van der Waals surface area contributed by atoms with Crippen LogP contribution in [0.25, 0.3) is 0 Å². The van der Waals surface area contributed by atoms with Crippen molar-refractivity contribution < 1.29 is 19.1 Å². The molecule has 2 amide bonds. The van der Waals surface area contributed by atoms with E-state index in [9.17, 15) is 9.59 Å². The van der Waals surface area contributed by atoms with Gasteiger partial charge in [-0.05, 0) is 49.6 Å². The SMILES string of the molecule is CC1c2c(OCCCCN3CCN(c4cccc(Cl)c4Cl)CC3)ccc3c2N(C(=O)CC3)C1OC(=O)N(C)C. The first-order valence-corrected chi connectivity index (χ1v) is 14.4. The Morgan fingerprint density at radius 3 is 2.56 bits per heavy atom. The van der Waals surface area contributed by atoms with Gasteiger partial charge in [-0.25, -0.2) is 4.79 Å². The van der Waals surface area contributed by atoms with Gasteiger partial charge in [0.2, 0.25) is 5.91 Å². The highest BCUT2D eigenvalue weighted by Gasteiger charge is 2.46. The molecule has 0 radical (unpaired) electrons. The second kappa shape index (κ2) is 11.8. The molecule has 10 heteroatoms. The van der Waals surface area contributed by atoms with E-state index < -0.39 is 12.3 Å². The Morgan fingerprint density at radius 1 is 1.05 bits per heavy atom. The van der Waals surface area contributed by atoms with Gasteiger partial charge < -0.3 is 19.3 Å². The van der Waals surface area contributed by atoms with Crippen molar-refractivity contribution in [2.75, 3.05) is 63.2 Å².